The van der Waals surface area contributed by atoms with E-state index >= 15 is 0 Å². The molecule has 16 heavy (non-hydrogen) atoms. The van der Waals surface area contributed by atoms with E-state index in [-0.39, 0.29) is 0 Å². The molecule has 0 spiro atoms. The van der Waals surface area contributed by atoms with E-state index in [0.717, 1.165) is 11.4 Å². The van der Waals surface area contributed by atoms with Gasteiger partial charge in [0.1, 0.15) is 5.69 Å². The quantitative estimate of drug-likeness (QED) is 0.855. The van der Waals surface area contributed by atoms with Crippen LogP contribution in [0.25, 0.3) is 11.5 Å². The topological polar surface area (TPSA) is 69.6 Å². The number of aryl methyl sites for hydroxylation is 1. The van der Waals surface area contributed by atoms with Gasteiger partial charge in [-0.1, -0.05) is 11.6 Å². The van der Waals surface area contributed by atoms with Crippen molar-refractivity contribution in [2.75, 3.05) is 0 Å². The fourth-order valence-corrected chi connectivity index (χ4v) is 1.59. The number of halogens is 1. The van der Waals surface area contributed by atoms with Crippen molar-refractivity contribution in [2.24, 2.45) is 12.8 Å². The number of hydrogen-bond donors (Lipinski definition) is 1. The fourth-order valence-electron chi connectivity index (χ4n) is 1.35. The lowest BCUT2D eigenvalue weighted by Crippen LogP contribution is -2.02. The molecule has 0 amide bonds. The van der Waals surface area contributed by atoms with Gasteiger partial charge in [-0.3, -0.25) is 4.68 Å². The number of nitrogens with two attached hydrogens (primary N) is 1. The maximum atomic E-state index is 6.15. The predicted octanol–water partition coefficient (Wildman–Crippen LogP) is 1.30. The zero-order chi connectivity index (χ0) is 11.7. The molecule has 0 aliphatic rings. The second kappa shape index (κ2) is 4.19. The Morgan fingerprint density at radius 2 is 2.25 bits per heavy atom. The molecule has 2 heterocycles. The maximum absolute atomic E-state index is 6.15. The molecular formula is C10H12ClN5. The molecule has 0 atom stereocenters. The first-order valence-corrected chi connectivity index (χ1v) is 5.22. The molecule has 0 aromatic carbocycles. The van der Waals surface area contributed by atoms with Crippen LogP contribution in [-0.2, 0) is 13.6 Å². The van der Waals surface area contributed by atoms with Crippen molar-refractivity contribution in [3.8, 4) is 11.5 Å². The van der Waals surface area contributed by atoms with Crippen LogP contribution in [0.1, 0.15) is 11.4 Å². The maximum Gasteiger partial charge on any atom is 0.181 e. The van der Waals surface area contributed by atoms with Crippen LogP contribution in [0.3, 0.4) is 0 Å². The Balaban J connectivity index is 2.54. The van der Waals surface area contributed by atoms with Gasteiger partial charge in [0.2, 0.25) is 0 Å². The van der Waals surface area contributed by atoms with E-state index in [1.165, 1.54) is 0 Å². The van der Waals surface area contributed by atoms with Gasteiger partial charge in [0.15, 0.2) is 5.82 Å². The first-order valence-electron chi connectivity index (χ1n) is 4.85. The van der Waals surface area contributed by atoms with E-state index in [1.54, 1.807) is 16.9 Å². The van der Waals surface area contributed by atoms with Crippen molar-refractivity contribution in [1.82, 2.24) is 19.7 Å². The molecule has 6 heteroatoms. The number of rotatable bonds is 2. The summed E-state index contributed by atoms with van der Waals surface area (Å²) < 4.78 is 1.70. The average molecular weight is 238 g/mol. The number of nitrogens with zero attached hydrogens (tertiary/aromatic N) is 4. The van der Waals surface area contributed by atoms with Gasteiger partial charge >= 0.3 is 0 Å². The number of hydrogen-bond acceptors (Lipinski definition) is 4. The molecule has 0 saturated carbocycles. The Kier molecular flexibility index (Phi) is 2.89. The van der Waals surface area contributed by atoms with Crippen LogP contribution >= 0.6 is 11.6 Å². The van der Waals surface area contributed by atoms with Gasteiger partial charge in [0.25, 0.3) is 0 Å². The number of aromatic nitrogens is 4. The summed E-state index contributed by atoms with van der Waals surface area (Å²) in [4.78, 5) is 8.43. The molecule has 0 radical (unpaired) electrons. The predicted molar refractivity (Wildman–Crippen MR) is 61.9 cm³/mol. The highest BCUT2D eigenvalue weighted by molar-refractivity contribution is 6.33. The summed E-state index contributed by atoms with van der Waals surface area (Å²) in [7, 11) is 1.83. The van der Waals surface area contributed by atoms with Gasteiger partial charge in [-0.15, -0.1) is 0 Å². The lowest BCUT2D eigenvalue weighted by molar-refractivity contribution is 0.740. The van der Waals surface area contributed by atoms with E-state index < -0.39 is 0 Å². The Hall–Kier alpha value is -1.46. The molecule has 5 nitrogen and oxygen atoms in total. The van der Waals surface area contributed by atoms with Crippen molar-refractivity contribution < 1.29 is 0 Å². The summed E-state index contributed by atoms with van der Waals surface area (Å²) in [6.07, 6.45) is 1.66. The summed E-state index contributed by atoms with van der Waals surface area (Å²) in [5.74, 6) is 0.511. The molecule has 2 rings (SSSR count). The molecule has 2 N–H and O–H groups in total. The third kappa shape index (κ3) is 1.79. The fraction of sp³-hybridized carbons (Fsp3) is 0.300. The smallest absolute Gasteiger partial charge is 0.181 e. The van der Waals surface area contributed by atoms with E-state index in [4.69, 9.17) is 17.3 Å². The van der Waals surface area contributed by atoms with E-state index in [0.29, 0.717) is 23.1 Å². The van der Waals surface area contributed by atoms with Gasteiger partial charge in [-0.25, -0.2) is 9.97 Å². The summed E-state index contributed by atoms with van der Waals surface area (Å²) >= 11 is 6.15. The van der Waals surface area contributed by atoms with Crippen LogP contribution in [0.2, 0.25) is 5.02 Å². The molecular weight excluding hydrogens is 226 g/mol. The zero-order valence-corrected chi connectivity index (χ0v) is 9.86. The van der Waals surface area contributed by atoms with Crippen molar-refractivity contribution >= 4 is 11.6 Å². The van der Waals surface area contributed by atoms with Crippen molar-refractivity contribution in [3.63, 3.8) is 0 Å². The second-order valence-electron chi connectivity index (χ2n) is 3.45. The molecule has 0 unspecified atom stereocenters. The molecule has 0 saturated heterocycles. The van der Waals surface area contributed by atoms with Gasteiger partial charge in [-0.2, -0.15) is 5.10 Å². The monoisotopic (exact) mass is 237 g/mol. The van der Waals surface area contributed by atoms with Gasteiger partial charge in [0, 0.05) is 19.8 Å². The molecule has 84 valence electrons. The van der Waals surface area contributed by atoms with Gasteiger partial charge < -0.3 is 5.73 Å². The van der Waals surface area contributed by atoms with Crippen LogP contribution < -0.4 is 5.73 Å². The molecule has 0 aliphatic carbocycles. The SMILES string of the molecule is Cc1c(Cl)c(-c2nccc(CN)n2)nn1C. The third-order valence-electron chi connectivity index (χ3n) is 2.40. The Morgan fingerprint density at radius 1 is 1.50 bits per heavy atom. The lowest BCUT2D eigenvalue weighted by Gasteiger charge is -1.98. The zero-order valence-electron chi connectivity index (χ0n) is 9.11. The summed E-state index contributed by atoms with van der Waals surface area (Å²) in [5.41, 5.74) is 7.77. The molecule has 0 bridgehead atoms. The largest absolute Gasteiger partial charge is 0.325 e. The normalized spacial score (nSPS) is 10.8. The molecule has 0 aliphatic heterocycles. The van der Waals surface area contributed by atoms with E-state index in [1.807, 2.05) is 14.0 Å². The molecule has 2 aromatic heterocycles. The Morgan fingerprint density at radius 3 is 2.81 bits per heavy atom. The highest BCUT2D eigenvalue weighted by atomic mass is 35.5. The summed E-state index contributed by atoms with van der Waals surface area (Å²) in [6.45, 7) is 2.27. The average Bonchev–Trinajstić information content (AvgIpc) is 2.57. The van der Waals surface area contributed by atoms with Gasteiger partial charge in [-0.05, 0) is 13.0 Å². The third-order valence-corrected chi connectivity index (χ3v) is 2.85. The van der Waals surface area contributed by atoms with E-state index in [9.17, 15) is 0 Å². The molecule has 2 aromatic rings. The molecule has 0 fully saturated rings. The van der Waals surface area contributed by atoms with Crippen molar-refractivity contribution in [2.45, 2.75) is 13.5 Å². The van der Waals surface area contributed by atoms with Gasteiger partial charge in [0.05, 0.1) is 16.4 Å². The van der Waals surface area contributed by atoms with Crippen molar-refractivity contribution in [1.29, 1.82) is 0 Å². The highest BCUT2D eigenvalue weighted by Gasteiger charge is 2.15. The first-order chi connectivity index (χ1) is 7.63. The minimum Gasteiger partial charge on any atom is -0.325 e. The van der Waals surface area contributed by atoms with E-state index in [2.05, 4.69) is 15.1 Å². The Bertz CT molecular complexity index is 520. The van der Waals surface area contributed by atoms with Crippen LogP contribution in [0.15, 0.2) is 12.3 Å². The minimum absolute atomic E-state index is 0.374. The van der Waals surface area contributed by atoms with Crippen LogP contribution in [-0.4, -0.2) is 19.7 Å². The van der Waals surface area contributed by atoms with Crippen molar-refractivity contribution in [3.05, 3.63) is 28.7 Å². The van der Waals surface area contributed by atoms with Crippen LogP contribution in [0.4, 0.5) is 0 Å². The first kappa shape index (κ1) is 11.0. The highest BCUT2D eigenvalue weighted by Crippen LogP contribution is 2.26. The summed E-state index contributed by atoms with van der Waals surface area (Å²) in [6, 6.07) is 1.77. The summed E-state index contributed by atoms with van der Waals surface area (Å²) in [5, 5.41) is 4.85. The second-order valence-corrected chi connectivity index (χ2v) is 3.83. The van der Waals surface area contributed by atoms with Crippen LogP contribution in [0.5, 0.6) is 0 Å². The van der Waals surface area contributed by atoms with Crippen LogP contribution in [0, 0.1) is 6.92 Å². The Labute approximate surface area is 98.3 Å². The standard InChI is InChI=1S/C10H12ClN5/c1-6-8(11)9(15-16(6)2)10-13-4-3-7(5-12)14-10/h3-4H,5,12H2,1-2H3. The lowest BCUT2D eigenvalue weighted by atomic mass is 10.3. The minimum atomic E-state index is 0.374.